The van der Waals surface area contributed by atoms with E-state index in [2.05, 4.69) is 5.32 Å². The van der Waals surface area contributed by atoms with E-state index >= 15 is 0 Å². The van der Waals surface area contributed by atoms with Crippen LogP contribution in [0.2, 0.25) is 0 Å². The molecule has 2 N–H and O–H groups in total. The fourth-order valence-electron chi connectivity index (χ4n) is 1.38. The number of halogens is 1. The standard InChI is InChI=1S/C13H18FNO3/c1-9(2)12(7-16)15-13(17)8-18-11-5-3-4-10(14)6-11/h3-6,9,12,16H,7-8H2,1-2H3,(H,15,17)/t12-/m1/s1. The maximum atomic E-state index is 12.8. The van der Waals surface area contributed by atoms with Crippen LogP contribution in [0.4, 0.5) is 4.39 Å². The number of rotatable bonds is 6. The Kier molecular flexibility index (Phi) is 5.58. The highest BCUT2D eigenvalue weighted by atomic mass is 19.1. The summed E-state index contributed by atoms with van der Waals surface area (Å²) in [6.45, 7) is 3.47. The van der Waals surface area contributed by atoms with Crippen molar-refractivity contribution in [3.05, 3.63) is 30.1 Å². The van der Waals surface area contributed by atoms with Gasteiger partial charge in [0.2, 0.25) is 0 Å². The Balaban J connectivity index is 2.41. The summed E-state index contributed by atoms with van der Waals surface area (Å²) < 4.78 is 18.0. The smallest absolute Gasteiger partial charge is 0.258 e. The van der Waals surface area contributed by atoms with E-state index in [0.29, 0.717) is 5.75 Å². The van der Waals surface area contributed by atoms with Gasteiger partial charge in [0.1, 0.15) is 11.6 Å². The second-order valence-corrected chi connectivity index (χ2v) is 4.35. The van der Waals surface area contributed by atoms with Crippen molar-refractivity contribution in [1.29, 1.82) is 0 Å². The van der Waals surface area contributed by atoms with Crippen molar-refractivity contribution in [3.63, 3.8) is 0 Å². The topological polar surface area (TPSA) is 58.6 Å². The van der Waals surface area contributed by atoms with Gasteiger partial charge in [-0.25, -0.2) is 4.39 Å². The van der Waals surface area contributed by atoms with Gasteiger partial charge in [0.15, 0.2) is 6.61 Å². The van der Waals surface area contributed by atoms with E-state index in [9.17, 15) is 9.18 Å². The molecule has 4 nitrogen and oxygen atoms in total. The lowest BCUT2D eigenvalue weighted by atomic mass is 10.1. The van der Waals surface area contributed by atoms with Crippen molar-refractivity contribution in [2.75, 3.05) is 13.2 Å². The average Bonchev–Trinajstić information content (AvgIpc) is 2.33. The van der Waals surface area contributed by atoms with Crippen LogP contribution in [0.1, 0.15) is 13.8 Å². The van der Waals surface area contributed by atoms with Crippen molar-refractivity contribution in [3.8, 4) is 5.75 Å². The Bertz CT molecular complexity index is 396. The number of nitrogens with one attached hydrogen (secondary N) is 1. The number of aliphatic hydroxyl groups excluding tert-OH is 1. The quantitative estimate of drug-likeness (QED) is 0.806. The summed E-state index contributed by atoms with van der Waals surface area (Å²) in [5.74, 6) is -0.321. The Morgan fingerprint density at radius 1 is 1.50 bits per heavy atom. The lowest BCUT2D eigenvalue weighted by Gasteiger charge is -2.19. The summed E-state index contributed by atoms with van der Waals surface area (Å²) in [5, 5.41) is 11.7. The number of carbonyl (C=O) groups excluding carboxylic acids is 1. The lowest BCUT2D eigenvalue weighted by molar-refractivity contribution is -0.124. The van der Waals surface area contributed by atoms with Crippen LogP contribution in [0.15, 0.2) is 24.3 Å². The van der Waals surface area contributed by atoms with Crippen LogP contribution < -0.4 is 10.1 Å². The van der Waals surface area contributed by atoms with Crippen molar-refractivity contribution in [1.82, 2.24) is 5.32 Å². The molecule has 0 aliphatic heterocycles. The zero-order valence-corrected chi connectivity index (χ0v) is 10.5. The molecule has 18 heavy (non-hydrogen) atoms. The summed E-state index contributed by atoms with van der Waals surface area (Å²) in [6, 6.07) is 5.29. The largest absolute Gasteiger partial charge is 0.484 e. The number of ether oxygens (including phenoxy) is 1. The molecule has 0 aliphatic carbocycles. The summed E-state index contributed by atoms with van der Waals surface area (Å²) in [6.07, 6.45) is 0. The van der Waals surface area contributed by atoms with Crippen LogP contribution in [0.25, 0.3) is 0 Å². The molecule has 0 bridgehead atoms. The molecule has 5 heteroatoms. The molecule has 1 aromatic carbocycles. The molecule has 1 rings (SSSR count). The van der Waals surface area contributed by atoms with Crippen LogP contribution in [0.5, 0.6) is 5.75 Å². The van der Waals surface area contributed by atoms with Crippen molar-refractivity contribution in [2.45, 2.75) is 19.9 Å². The molecule has 0 radical (unpaired) electrons. The van der Waals surface area contributed by atoms with E-state index in [0.717, 1.165) is 0 Å². The summed E-state index contributed by atoms with van der Waals surface area (Å²) in [4.78, 5) is 11.5. The van der Waals surface area contributed by atoms with Gasteiger partial charge in [0, 0.05) is 6.07 Å². The van der Waals surface area contributed by atoms with Crippen molar-refractivity contribution < 1.29 is 19.0 Å². The van der Waals surface area contributed by atoms with Crippen LogP contribution in [-0.2, 0) is 4.79 Å². The van der Waals surface area contributed by atoms with Crippen LogP contribution >= 0.6 is 0 Å². The molecule has 1 amide bonds. The third-order valence-electron chi connectivity index (χ3n) is 2.51. The van der Waals surface area contributed by atoms with Gasteiger partial charge in [-0.05, 0) is 18.1 Å². The lowest BCUT2D eigenvalue weighted by Crippen LogP contribution is -2.43. The highest BCUT2D eigenvalue weighted by molar-refractivity contribution is 5.77. The average molecular weight is 255 g/mol. The molecule has 0 aliphatic rings. The fraction of sp³-hybridized carbons (Fsp3) is 0.462. The highest BCUT2D eigenvalue weighted by Crippen LogP contribution is 2.11. The molecule has 0 saturated heterocycles. The van der Waals surface area contributed by atoms with E-state index in [4.69, 9.17) is 9.84 Å². The van der Waals surface area contributed by atoms with Crippen LogP contribution in [0.3, 0.4) is 0 Å². The predicted octanol–water partition coefficient (Wildman–Crippen LogP) is 1.34. The van der Waals surface area contributed by atoms with Gasteiger partial charge in [-0.2, -0.15) is 0 Å². The molecule has 0 heterocycles. The minimum atomic E-state index is -0.414. The number of benzene rings is 1. The van der Waals surface area contributed by atoms with E-state index in [1.165, 1.54) is 18.2 Å². The molecular weight excluding hydrogens is 237 g/mol. The second kappa shape index (κ2) is 6.96. The molecule has 1 atom stereocenters. The zero-order valence-electron chi connectivity index (χ0n) is 10.5. The number of hydrogen-bond donors (Lipinski definition) is 2. The van der Waals surface area contributed by atoms with E-state index < -0.39 is 5.82 Å². The van der Waals surface area contributed by atoms with Gasteiger partial charge in [0.25, 0.3) is 5.91 Å². The van der Waals surface area contributed by atoms with Crippen molar-refractivity contribution >= 4 is 5.91 Å². The van der Waals surface area contributed by atoms with Gasteiger partial charge in [0.05, 0.1) is 12.6 Å². The first-order chi connectivity index (χ1) is 8.52. The molecule has 0 fully saturated rings. The van der Waals surface area contributed by atoms with E-state index in [1.807, 2.05) is 13.8 Å². The second-order valence-electron chi connectivity index (χ2n) is 4.35. The van der Waals surface area contributed by atoms with Gasteiger partial charge in [-0.1, -0.05) is 19.9 Å². The highest BCUT2D eigenvalue weighted by Gasteiger charge is 2.15. The number of carbonyl (C=O) groups is 1. The minimum absolute atomic E-state index is 0.122. The maximum absolute atomic E-state index is 12.8. The minimum Gasteiger partial charge on any atom is -0.484 e. The third-order valence-corrected chi connectivity index (χ3v) is 2.51. The monoisotopic (exact) mass is 255 g/mol. The molecule has 0 saturated carbocycles. The van der Waals surface area contributed by atoms with Gasteiger partial charge < -0.3 is 15.2 Å². The first-order valence-corrected chi connectivity index (χ1v) is 5.81. The predicted molar refractivity (Wildman–Crippen MR) is 65.7 cm³/mol. The maximum Gasteiger partial charge on any atom is 0.258 e. The Hall–Kier alpha value is -1.62. The Morgan fingerprint density at radius 2 is 2.22 bits per heavy atom. The van der Waals surface area contributed by atoms with Gasteiger partial charge in [-0.15, -0.1) is 0 Å². The third kappa shape index (κ3) is 4.71. The van der Waals surface area contributed by atoms with Crippen molar-refractivity contribution in [2.24, 2.45) is 5.92 Å². The molecule has 0 spiro atoms. The van der Waals surface area contributed by atoms with Gasteiger partial charge in [-0.3, -0.25) is 4.79 Å². The SMILES string of the molecule is CC(C)[C@@H](CO)NC(=O)COc1cccc(F)c1. The van der Waals surface area contributed by atoms with Crippen LogP contribution in [-0.4, -0.2) is 30.3 Å². The zero-order chi connectivity index (χ0) is 13.5. The molecule has 1 aromatic rings. The van der Waals surface area contributed by atoms with E-state index in [1.54, 1.807) is 6.07 Å². The first kappa shape index (κ1) is 14.4. The molecule has 100 valence electrons. The fourth-order valence-corrected chi connectivity index (χ4v) is 1.38. The van der Waals surface area contributed by atoms with Crippen LogP contribution in [0, 0.1) is 11.7 Å². The first-order valence-electron chi connectivity index (χ1n) is 5.81. The Morgan fingerprint density at radius 3 is 2.78 bits per heavy atom. The summed E-state index contributed by atoms with van der Waals surface area (Å²) >= 11 is 0. The normalized spacial score (nSPS) is 12.3. The Labute approximate surface area is 106 Å². The number of hydrogen-bond acceptors (Lipinski definition) is 3. The number of aliphatic hydroxyl groups is 1. The molecular formula is C13H18FNO3. The van der Waals surface area contributed by atoms with Gasteiger partial charge >= 0.3 is 0 Å². The van der Waals surface area contributed by atoms with E-state index in [-0.39, 0.29) is 31.1 Å². The molecule has 0 unspecified atom stereocenters. The summed E-state index contributed by atoms with van der Waals surface area (Å²) in [5.41, 5.74) is 0. The number of amides is 1. The molecule has 0 aromatic heterocycles. The summed E-state index contributed by atoms with van der Waals surface area (Å²) in [7, 11) is 0.